The van der Waals surface area contributed by atoms with Crippen molar-refractivity contribution in [2.75, 3.05) is 16.9 Å². The van der Waals surface area contributed by atoms with Crippen molar-refractivity contribution >= 4 is 45.0 Å². The third-order valence-electron chi connectivity index (χ3n) is 12.6. The van der Waals surface area contributed by atoms with Crippen LogP contribution in [0.2, 0.25) is 0 Å². The number of para-hydroxylation sites is 3. The Hall–Kier alpha value is -9.29. The Kier molecular flexibility index (Phi) is 14.4. The molecule has 0 saturated carbocycles. The van der Waals surface area contributed by atoms with Gasteiger partial charge in [-0.2, -0.15) is 0 Å². The molecule has 0 fully saturated rings. The van der Waals surface area contributed by atoms with Gasteiger partial charge in [-0.05, 0) is 108 Å². The molecule has 10 aromatic rings. The number of carbonyl (C=O) groups is 2. The molecule has 0 aliphatic carbocycles. The van der Waals surface area contributed by atoms with Crippen molar-refractivity contribution in [1.29, 1.82) is 0 Å². The Morgan fingerprint density at radius 3 is 1.42 bits per heavy atom. The second-order valence-corrected chi connectivity index (χ2v) is 17.3. The molecule has 73 heavy (non-hydrogen) atoms. The lowest BCUT2D eigenvalue weighted by molar-refractivity contribution is -0.127. The predicted octanol–water partition coefficient (Wildman–Crippen LogP) is 12.2. The number of pyridine rings is 4. The maximum absolute atomic E-state index is 16.8. The van der Waals surface area contributed by atoms with Gasteiger partial charge < -0.3 is 24.0 Å². The molecule has 0 aliphatic rings. The molecule has 0 saturated heterocycles. The Morgan fingerprint density at radius 1 is 0.493 bits per heavy atom. The van der Waals surface area contributed by atoms with E-state index in [4.69, 9.17) is 24.2 Å². The summed E-state index contributed by atoms with van der Waals surface area (Å²) in [6.45, 7) is 0.544. The van der Waals surface area contributed by atoms with E-state index in [0.717, 1.165) is 38.8 Å². The van der Waals surface area contributed by atoms with Crippen molar-refractivity contribution in [3.05, 3.63) is 258 Å². The molecule has 0 bridgehead atoms. The van der Waals surface area contributed by atoms with Gasteiger partial charge in [0, 0.05) is 58.1 Å². The van der Waals surface area contributed by atoms with E-state index in [0.29, 0.717) is 39.8 Å². The molecule has 2 unspecified atom stereocenters. The number of ether oxygens (including phenoxy) is 3. The van der Waals surface area contributed by atoms with Crippen LogP contribution in [0, 0.1) is 5.82 Å². The molecular weight excluding hydrogens is 916 g/mol. The first-order valence-electron chi connectivity index (χ1n) is 23.8. The zero-order valence-corrected chi connectivity index (χ0v) is 39.9. The van der Waals surface area contributed by atoms with Crippen molar-refractivity contribution < 1.29 is 28.2 Å². The van der Waals surface area contributed by atoms with E-state index >= 15 is 14.0 Å². The predicted molar refractivity (Wildman–Crippen MR) is 281 cm³/mol. The van der Waals surface area contributed by atoms with E-state index in [1.807, 2.05) is 84.9 Å². The molecule has 4 aromatic heterocycles. The molecule has 0 N–H and O–H groups in total. The fourth-order valence-electron chi connectivity index (χ4n) is 8.97. The smallest absolute Gasteiger partial charge is 0.236 e. The van der Waals surface area contributed by atoms with Gasteiger partial charge in [0.1, 0.15) is 36.3 Å². The first-order chi connectivity index (χ1) is 35.9. The molecule has 360 valence electrons. The average Bonchev–Trinajstić information content (AvgIpc) is 3.45. The minimum Gasteiger partial charge on any atom is -0.496 e. The van der Waals surface area contributed by atoms with Crippen LogP contribution in [0.25, 0.3) is 21.8 Å². The number of hydrogen-bond donors (Lipinski definition) is 0. The summed E-state index contributed by atoms with van der Waals surface area (Å²) in [6, 6.07) is 58.5. The summed E-state index contributed by atoms with van der Waals surface area (Å²) in [5, 5.41) is 2.07. The summed E-state index contributed by atoms with van der Waals surface area (Å²) in [7, 11) is 1.51. The van der Waals surface area contributed by atoms with Crippen LogP contribution >= 0.6 is 0 Å². The van der Waals surface area contributed by atoms with E-state index < -0.39 is 29.5 Å². The highest BCUT2D eigenvalue weighted by Gasteiger charge is 2.44. The van der Waals surface area contributed by atoms with Crippen LogP contribution in [0.5, 0.6) is 17.2 Å². The minimum absolute atomic E-state index is 0.0307. The maximum atomic E-state index is 16.8. The standard InChI is InChI=1S/C61H49FN6O5/c1-71-57-21-9-5-17-53(57)59(61(70)68(39-43-13-11-35-64-37-43)49-28-32-51(33-29-49)73-41-47-25-23-45-15-3-8-20-56(45)66-47)58(52-16-4-6-18-54(52)62)60(69)67(38-42-12-10-34-63-36-42)48-26-30-50(31-27-48)72-40-46-24-22-44-14-2-7-19-55(44)65-46/h2-37,58-59H,38-41H2,1H3. The number of nitrogens with zero attached hydrogens (tertiary/aromatic N) is 6. The lowest BCUT2D eigenvalue weighted by Gasteiger charge is -2.35. The molecule has 0 spiro atoms. The molecule has 4 heterocycles. The molecule has 6 aromatic carbocycles. The summed E-state index contributed by atoms with van der Waals surface area (Å²) in [5.41, 5.74) is 6.10. The zero-order valence-electron chi connectivity index (χ0n) is 39.9. The van der Waals surface area contributed by atoms with Gasteiger partial charge in [0.25, 0.3) is 0 Å². The van der Waals surface area contributed by atoms with Crippen molar-refractivity contribution in [2.24, 2.45) is 0 Å². The molecule has 2 amide bonds. The molecule has 10 rings (SSSR count). The fraction of sp³-hybridized carbons (Fsp3) is 0.115. The topological polar surface area (TPSA) is 120 Å². The van der Waals surface area contributed by atoms with Crippen LogP contribution in [-0.4, -0.2) is 38.9 Å². The second kappa shape index (κ2) is 22.2. The zero-order chi connectivity index (χ0) is 49.9. The van der Waals surface area contributed by atoms with Crippen LogP contribution in [0.4, 0.5) is 15.8 Å². The normalized spacial score (nSPS) is 11.9. The van der Waals surface area contributed by atoms with Crippen molar-refractivity contribution in [2.45, 2.75) is 38.1 Å². The largest absolute Gasteiger partial charge is 0.496 e. The molecule has 12 heteroatoms. The number of aromatic nitrogens is 4. The maximum Gasteiger partial charge on any atom is 0.236 e. The number of benzene rings is 6. The number of amides is 2. The van der Waals surface area contributed by atoms with Crippen LogP contribution in [0.1, 0.15) is 45.5 Å². The fourth-order valence-corrected chi connectivity index (χ4v) is 8.97. The van der Waals surface area contributed by atoms with E-state index in [2.05, 4.69) is 9.97 Å². The Labute approximate surface area is 422 Å². The minimum atomic E-state index is -1.44. The van der Waals surface area contributed by atoms with Gasteiger partial charge in [-0.3, -0.25) is 19.6 Å². The van der Waals surface area contributed by atoms with Crippen LogP contribution in [0.3, 0.4) is 0 Å². The number of rotatable bonds is 18. The Morgan fingerprint density at radius 2 is 0.945 bits per heavy atom. The monoisotopic (exact) mass is 964 g/mol. The van der Waals surface area contributed by atoms with Gasteiger partial charge in [0.2, 0.25) is 11.8 Å². The van der Waals surface area contributed by atoms with E-state index in [9.17, 15) is 0 Å². The lowest BCUT2D eigenvalue weighted by atomic mass is 9.78. The molecule has 2 atom stereocenters. The SMILES string of the molecule is COc1ccccc1C(C(=O)N(Cc1cccnc1)c1ccc(OCc2ccc3ccccc3n2)cc1)C(C(=O)N(Cc1cccnc1)c1ccc(OCc2ccc3ccccc3n2)cc1)c1ccccc1F. The van der Waals surface area contributed by atoms with Gasteiger partial charge in [-0.25, -0.2) is 14.4 Å². The van der Waals surface area contributed by atoms with Crippen molar-refractivity contribution in [1.82, 2.24) is 19.9 Å². The van der Waals surface area contributed by atoms with Crippen LogP contribution in [-0.2, 0) is 35.9 Å². The van der Waals surface area contributed by atoms with Gasteiger partial charge in [-0.1, -0.05) is 97.1 Å². The highest BCUT2D eigenvalue weighted by Crippen LogP contribution is 2.43. The number of methoxy groups -OCH3 is 1. The molecule has 0 radical (unpaired) electrons. The van der Waals surface area contributed by atoms with E-state index in [-0.39, 0.29) is 31.9 Å². The van der Waals surface area contributed by atoms with Crippen LogP contribution in [0.15, 0.2) is 219 Å². The molecule has 0 aliphatic heterocycles. The summed E-state index contributed by atoms with van der Waals surface area (Å²) < 4.78 is 35.2. The summed E-state index contributed by atoms with van der Waals surface area (Å²) >= 11 is 0. The molecular formula is C61H49FN6O5. The van der Waals surface area contributed by atoms with Gasteiger partial charge in [-0.15, -0.1) is 0 Å². The van der Waals surface area contributed by atoms with Gasteiger partial charge >= 0.3 is 0 Å². The third-order valence-corrected chi connectivity index (χ3v) is 12.6. The summed E-state index contributed by atoms with van der Waals surface area (Å²) in [5.74, 6) is -3.01. The van der Waals surface area contributed by atoms with Crippen molar-refractivity contribution in [3.63, 3.8) is 0 Å². The second-order valence-electron chi connectivity index (χ2n) is 17.3. The van der Waals surface area contributed by atoms with E-state index in [1.165, 1.54) is 13.2 Å². The van der Waals surface area contributed by atoms with Crippen molar-refractivity contribution in [3.8, 4) is 17.2 Å². The Bertz CT molecular complexity index is 3490. The van der Waals surface area contributed by atoms with E-state index in [1.54, 1.807) is 138 Å². The van der Waals surface area contributed by atoms with Gasteiger partial charge in [0.15, 0.2) is 0 Å². The average molecular weight is 965 g/mol. The highest BCUT2D eigenvalue weighted by atomic mass is 19.1. The van der Waals surface area contributed by atoms with Crippen LogP contribution < -0.4 is 24.0 Å². The lowest BCUT2D eigenvalue weighted by Crippen LogP contribution is -2.44. The summed E-state index contributed by atoms with van der Waals surface area (Å²) in [4.78, 5) is 53.6. The highest BCUT2D eigenvalue weighted by molar-refractivity contribution is 6.07. The first-order valence-corrected chi connectivity index (χ1v) is 23.8. The quantitative estimate of drug-likeness (QED) is 0.0828. The number of halogens is 1. The third kappa shape index (κ3) is 11.0. The first kappa shape index (κ1) is 47.4. The number of fused-ring (bicyclic) bond motifs is 2. The van der Waals surface area contributed by atoms with Gasteiger partial charge in [0.05, 0.1) is 54.5 Å². The Balaban J connectivity index is 1.03. The number of anilines is 2. The number of carbonyl (C=O) groups excluding carboxylic acids is 2. The molecule has 11 nitrogen and oxygen atoms in total. The summed E-state index contributed by atoms with van der Waals surface area (Å²) in [6.07, 6.45) is 6.68. The number of hydrogen-bond acceptors (Lipinski definition) is 9.